The summed E-state index contributed by atoms with van der Waals surface area (Å²) in [5, 5.41) is 19.1. The van der Waals surface area contributed by atoms with Gasteiger partial charge >= 0.3 is 11.7 Å². The zero-order valence-corrected chi connectivity index (χ0v) is 8.21. The Morgan fingerprint density at radius 1 is 1.62 bits per heavy atom. The van der Waals surface area contributed by atoms with Crippen molar-refractivity contribution < 1.29 is 24.0 Å². The van der Waals surface area contributed by atoms with Crippen LogP contribution in [0.3, 0.4) is 0 Å². The first-order valence-electron chi connectivity index (χ1n) is 4.26. The molecule has 0 unspecified atom stereocenters. The Hall–Kier alpha value is -2.18. The molecule has 0 fully saturated rings. The van der Waals surface area contributed by atoms with Gasteiger partial charge in [-0.3, -0.25) is 10.1 Å². The van der Waals surface area contributed by atoms with E-state index in [4.69, 9.17) is 5.11 Å². The fraction of sp³-hybridized carbons (Fsp3) is 0.222. The van der Waals surface area contributed by atoms with Gasteiger partial charge < -0.3 is 9.84 Å². The van der Waals surface area contributed by atoms with E-state index in [9.17, 15) is 19.3 Å². The van der Waals surface area contributed by atoms with Gasteiger partial charge in [0.2, 0.25) is 5.75 Å². The van der Waals surface area contributed by atoms with Gasteiger partial charge in [-0.2, -0.15) is 0 Å². The second kappa shape index (κ2) is 4.56. The zero-order valence-electron chi connectivity index (χ0n) is 8.21. The molecule has 0 heterocycles. The van der Waals surface area contributed by atoms with Crippen LogP contribution in [0.5, 0.6) is 5.75 Å². The second-order valence-corrected chi connectivity index (χ2v) is 2.94. The minimum atomic E-state index is -1.37. The molecule has 86 valence electrons. The number of nitro groups is 1. The van der Waals surface area contributed by atoms with Crippen LogP contribution in [0.4, 0.5) is 10.1 Å². The SMILES string of the molecule is C[C@@H](Oc1c(F)cccc1[N+](=O)[O-])C(=O)O. The highest BCUT2D eigenvalue weighted by Crippen LogP contribution is 2.30. The van der Waals surface area contributed by atoms with Crippen LogP contribution in [-0.4, -0.2) is 22.1 Å². The van der Waals surface area contributed by atoms with Crippen LogP contribution in [0.25, 0.3) is 0 Å². The van der Waals surface area contributed by atoms with Crippen molar-refractivity contribution in [3.63, 3.8) is 0 Å². The number of aliphatic carboxylic acids is 1. The lowest BCUT2D eigenvalue weighted by Gasteiger charge is -2.10. The molecule has 1 atom stereocenters. The lowest BCUT2D eigenvalue weighted by molar-refractivity contribution is -0.386. The molecule has 6 nitrogen and oxygen atoms in total. The zero-order chi connectivity index (χ0) is 12.3. The average Bonchev–Trinajstić information content (AvgIpc) is 2.20. The number of nitro benzene ring substituents is 1. The van der Waals surface area contributed by atoms with Crippen molar-refractivity contribution in [1.82, 2.24) is 0 Å². The molecule has 0 aliphatic carbocycles. The van der Waals surface area contributed by atoms with Crippen LogP contribution in [0, 0.1) is 15.9 Å². The molecule has 0 saturated carbocycles. The third-order valence-electron chi connectivity index (χ3n) is 1.79. The van der Waals surface area contributed by atoms with E-state index in [1.807, 2.05) is 0 Å². The summed E-state index contributed by atoms with van der Waals surface area (Å²) in [6.45, 7) is 1.15. The highest BCUT2D eigenvalue weighted by Gasteiger charge is 2.23. The van der Waals surface area contributed by atoms with Gasteiger partial charge in [-0.25, -0.2) is 9.18 Å². The van der Waals surface area contributed by atoms with E-state index in [1.54, 1.807) is 0 Å². The van der Waals surface area contributed by atoms with E-state index in [2.05, 4.69) is 4.74 Å². The number of ether oxygens (including phenoxy) is 1. The first-order chi connectivity index (χ1) is 7.43. The van der Waals surface area contributed by atoms with E-state index in [0.717, 1.165) is 25.1 Å². The molecular formula is C9H8FNO5. The van der Waals surface area contributed by atoms with Crippen LogP contribution in [0.15, 0.2) is 18.2 Å². The Morgan fingerprint density at radius 3 is 2.75 bits per heavy atom. The number of rotatable bonds is 4. The lowest BCUT2D eigenvalue weighted by Crippen LogP contribution is -2.23. The maximum absolute atomic E-state index is 13.2. The maximum Gasteiger partial charge on any atom is 0.344 e. The molecule has 0 amide bonds. The number of hydrogen-bond donors (Lipinski definition) is 1. The highest BCUT2D eigenvalue weighted by molar-refractivity contribution is 5.72. The van der Waals surface area contributed by atoms with Gasteiger partial charge in [0.25, 0.3) is 0 Å². The average molecular weight is 229 g/mol. The van der Waals surface area contributed by atoms with Gasteiger partial charge in [-0.15, -0.1) is 0 Å². The number of hydrogen-bond acceptors (Lipinski definition) is 4. The quantitative estimate of drug-likeness (QED) is 0.625. The topological polar surface area (TPSA) is 89.7 Å². The molecule has 0 spiro atoms. The number of nitrogens with zero attached hydrogens (tertiary/aromatic N) is 1. The molecule has 1 aromatic carbocycles. The van der Waals surface area contributed by atoms with E-state index in [1.165, 1.54) is 0 Å². The summed E-state index contributed by atoms with van der Waals surface area (Å²) in [6, 6.07) is 3.13. The van der Waals surface area contributed by atoms with Crippen molar-refractivity contribution in [2.75, 3.05) is 0 Å². The molecule has 0 aliphatic rings. The molecule has 1 aromatic rings. The van der Waals surface area contributed by atoms with Gasteiger partial charge in [0.05, 0.1) is 4.92 Å². The summed E-state index contributed by atoms with van der Waals surface area (Å²) in [6.07, 6.45) is -1.37. The Kier molecular flexibility index (Phi) is 3.39. The van der Waals surface area contributed by atoms with E-state index < -0.39 is 34.3 Å². The molecular weight excluding hydrogens is 221 g/mol. The van der Waals surface area contributed by atoms with Crippen molar-refractivity contribution in [2.45, 2.75) is 13.0 Å². The van der Waals surface area contributed by atoms with Gasteiger partial charge in [0.15, 0.2) is 11.9 Å². The first-order valence-corrected chi connectivity index (χ1v) is 4.26. The standard InChI is InChI=1S/C9H8FNO5/c1-5(9(12)13)16-8-6(10)3-2-4-7(8)11(14)15/h2-5H,1H3,(H,12,13)/t5-/m1/s1. The predicted molar refractivity (Wildman–Crippen MR) is 50.8 cm³/mol. The molecule has 1 N–H and O–H groups in total. The minimum Gasteiger partial charge on any atom is -0.479 e. The fourth-order valence-corrected chi connectivity index (χ4v) is 0.985. The summed E-state index contributed by atoms with van der Waals surface area (Å²) in [5.41, 5.74) is -0.604. The molecule has 0 bridgehead atoms. The van der Waals surface area contributed by atoms with Crippen molar-refractivity contribution in [3.05, 3.63) is 34.1 Å². The van der Waals surface area contributed by atoms with E-state index >= 15 is 0 Å². The normalized spacial score (nSPS) is 11.9. The summed E-state index contributed by atoms with van der Waals surface area (Å²) >= 11 is 0. The second-order valence-electron chi connectivity index (χ2n) is 2.94. The summed E-state index contributed by atoms with van der Waals surface area (Å²) in [7, 11) is 0. The van der Waals surface area contributed by atoms with Crippen LogP contribution in [0.1, 0.15) is 6.92 Å². The predicted octanol–water partition coefficient (Wildman–Crippen LogP) is 1.59. The molecule has 16 heavy (non-hydrogen) atoms. The minimum absolute atomic E-state index is 0.604. The van der Waals surface area contributed by atoms with Crippen LogP contribution < -0.4 is 4.74 Å². The number of benzene rings is 1. The Bertz CT molecular complexity index is 434. The Balaban J connectivity index is 3.11. The van der Waals surface area contributed by atoms with Gasteiger partial charge in [-0.05, 0) is 13.0 Å². The largest absolute Gasteiger partial charge is 0.479 e. The summed E-state index contributed by atoms with van der Waals surface area (Å²) in [4.78, 5) is 20.2. The van der Waals surface area contributed by atoms with E-state index in [-0.39, 0.29) is 0 Å². The third-order valence-corrected chi connectivity index (χ3v) is 1.79. The Labute approximate surface area is 89.4 Å². The molecule has 0 aromatic heterocycles. The molecule has 1 rings (SSSR count). The summed E-state index contributed by atoms with van der Waals surface area (Å²) in [5.74, 6) is -2.97. The van der Waals surface area contributed by atoms with Crippen molar-refractivity contribution in [1.29, 1.82) is 0 Å². The molecule has 0 saturated heterocycles. The fourth-order valence-electron chi connectivity index (χ4n) is 0.985. The molecule has 0 radical (unpaired) electrons. The van der Waals surface area contributed by atoms with Gasteiger partial charge in [-0.1, -0.05) is 6.07 Å². The number of carboxylic acids is 1. The van der Waals surface area contributed by atoms with Crippen LogP contribution in [0.2, 0.25) is 0 Å². The molecule has 7 heteroatoms. The van der Waals surface area contributed by atoms with Gasteiger partial charge in [0, 0.05) is 6.07 Å². The first kappa shape index (κ1) is 11.9. The van der Waals surface area contributed by atoms with Crippen LogP contribution in [-0.2, 0) is 4.79 Å². The third kappa shape index (κ3) is 2.44. The highest BCUT2D eigenvalue weighted by atomic mass is 19.1. The summed E-state index contributed by atoms with van der Waals surface area (Å²) < 4.78 is 17.9. The van der Waals surface area contributed by atoms with Crippen molar-refractivity contribution >= 4 is 11.7 Å². The monoisotopic (exact) mass is 229 g/mol. The number of carbonyl (C=O) groups is 1. The number of halogens is 1. The maximum atomic E-state index is 13.2. The Morgan fingerprint density at radius 2 is 2.25 bits per heavy atom. The van der Waals surface area contributed by atoms with Crippen molar-refractivity contribution in [3.8, 4) is 5.75 Å². The molecule has 0 aliphatic heterocycles. The number of para-hydroxylation sites is 1. The van der Waals surface area contributed by atoms with Crippen LogP contribution >= 0.6 is 0 Å². The number of carboxylic acid groups (broad SMARTS) is 1. The smallest absolute Gasteiger partial charge is 0.344 e. The van der Waals surface area contributed by atoms with Crippen molar-refractivity contribution in [2.24, 2.45) is 0 Å². The van der Waals surface area contributed by atoms with E-state index in [0.29, 0.717) is 0 Å². The lowest BCUT2D eigenvalue weighted by atomic mass is 10.3. The van der Waals surface area contributed by atoms with Gasteiger partial charge in [0.1, 0.15) is 0 Å².